The van der Waals surface area contributed by atoms with Crippen LogP contribution in [-0.2, 0) is 0 Å². The van der Waals surface area contributed by atoms with E-state index in [1.165, 1.54) is 11.3 Å². The zero-order valence-electron chi connectivity index (χ0n) is 9.05. The van der Waals surface area contributed by atoms with Gasteiger partial charge in [-0.3, -0.25) is 4.79 Å². The Labute approximate surface area is 107 Å². The van der Waals surface area contributed by atoms with E-state index in [1.807, 2.05) is 6.92 Å². The third-order valence-corrected chi connectivity index (χ3v) is 4.26. The summed E-state index contributed by atoms with van der Waals surface area (Å²) in [5.41, 5.74) is 0.795. The molecule has 0 atom stereocenters. The lowest BCUT2D eigenvalue weighted by Crippen LogP contribution is -2.42. The molecule has 1 saturated heterocycles. The lowest BCUT2D eigenvalue weighted by molar-refractivity contribution is 0.0933. The molecule has 1 aromatic heterocycles. The Kier molecular flexibility index (Phi) is 3.94. The van der Waals surface area contributed by atoms with E-state index in [4.69, 9.17) is 0 Å². The molecule has 1 aliphatic heterocycles. The van der Waals surface area contributed by atoms with Gasteiger partial charge in [-0.05, 0) is 48.8 Å². The van der Waals surface area contributed by atoms with Gasteiger partial charge in [0.2, 0.25) is 0 Å². The highest BCUT2D eigenvalue weighted by atomic mass is 79.9. The summed E-state index contributed by atoms with van der Waals surface area (Å²) in [6.07, 6.45) is 2.01. The average Bonchev–Trinajstić information content (AvgIpc) is 2.59. The van der Waals surface area contributed by atoms with E-state index < -0.39 is 0 Å². The van der Waals surface area contributed by atoms with Crippen LogP contribution in [-0.4, -0.2) is 30.0 Å². The van der Waals surface area contributed by atoms with Crippen LogP contribution >= 0.6 is 27.3 Å². The van der Waals surface area contributed by atoms with Crippen molar-refractivity contribution in [2.45, 2.75) is 25.8 Å². The van der Waals surface area contributed by atoms with Crippen LogP contribution in [0.2, 0.25) is 0 Å². The molecule has 0 saturated carbocycles. The molecule has 1 aromatic rings. The number of carbonyl (C=O) groups excluding carboxylic acids is 1. The van der Waals surface area contributed by atoms with Gasteiger partial charge in [0, 0.05) is 6.04 Å². The first kappa shape index (κ1) is 12.0. The standard InChI is InChI=1S/C10H14BrN3OS/c1-6-8(16-10(11)13-6)9(15)14-7-2-4-12-5-3-7/h7,12H,2-5H2,1H3,(H,14,15). The Bertz CT molecular complexity index is 387. The van der Waals surface area contributed by atoms with Gasteiger partial charge in [0.25, 0.3) is 5.91 Å². The number of carbonyl (C=O) groups is 1. The predicted octanol–water partition coefficient (Wildman–Crippen LogP) is 1.70. The zero-order valence-corrected chi connectivity index (χ0v) is 11.4. The van der Waals surface area contributed by atoms with Gasteiger partial charge in [-0.15, -0.1) is 11.3 Å². The first-order valence-corrected chi connectivity index (χ1v) is 6.92. The molecule has 1 aliphatic rings. The van der Waals surface area contributed by atoms with Crippen molar-refractivity contribution >= 4 is 33.2 Å². The molecule has 2 N–H and O–H groups in total. The molecular weight excluding hydrogens is 290 g/mol. The largest absolute Gasteiger partial charge is 0.348 e. The number of nitrogens with zero attached hydrogens (tertiary/aromatic N) is 1. The fraction of sp³-hybridized carbons (Fsp3) is 0.600. The summed E-state index contributed by atoms with van der Waals surface area (Å²) >= 11 is 4.68. The van der Waals surface area contributed by atoms with Gasteiger partial charge in [0.15, 0.2) is 3.92 Å². The summed E-state index contributed by atoms with van der Waals surface area (Å²) in [5.74, 6) is 0.00704. The average molecular weight is 304 g/mol. The number of rotatable bonds is 2. The Morgan fingerprint density at radius 3 is 2.81 bits per heavy atom. The highest BCUT2D eigenvalue weighted by molar-refractivity contribution is 9.11. The van der Waals surface area contributed by atoms with Gasteiger partial charge in [0.1, 0.15) is 4.88 Å². The molecule has 0 spiro atoms. The number of piperidine rings is 1. The van der Waals surface area contributed by atoms with Gasteiger partial charge in [-0.1, -0.05) is 0 Å². The van der Waals surface area contributed by atoms with Crippen molar-refractivity contribution in [1.82, 2.24) is 15.6 Å². The monoisotopic (exact) mass is 303 g/mol. The second-order valence-electron chi connectivity index (χ2n) is 3.88. The minimum Gasteiger partial charge on any atom is -0.348 e. The molecule has 0 aliphatic carbocycles. The number of aryl methyl sites for hydroxylation is 1. The van der Waals surface area contributed by atoms with E-state index in [2.05, 4.69) is 31.5 Å². The van der Waals surface area contributed by atoms with Crippen LogP contribution in [0.15, 0.2) is 3.92 Å². The number of halogens is 1. The normalized spacial score (nSPS) is 17.4. The summed E-state index contributed by atoms with van der Waals surface area (Å²) in [6, 6.07) is 0.300. The second kappa shape index (κ2) is 5.25. The smallest absolute Gasteiger partial charge is 0.263 e. The van der Waals surface area contributed by atoms with E-state index >= 15 is 0 Å². The zero-order chi connectivity index (χ0) is 11.5. The molecule has 1 amide bonds. The molecule has 0 radical (unpaired) electrons. The molecule has 1 fully saturated rings. The molecule has 0 unspecified atom stereocenters. The summed E-state index contributed by atoms with van der Waals surface area (Å²) < 4.78 is 0.764. The molecule has 0 bridgehead atoms. The van der Waals surface area contributed by atoms with Gasteiger partial charge in [0.05, 0.1) is 5.69 Å². The van der Waals surface area contributed by atoms with Crippen molar-refractivity contribution in [2.75, 3.05) is 13.1 Å². The first-order valence-electron chi connectivity index (χ1n) is 5.31. The minimum absolute atomic E-state index is 0.00704. The summed E-state index contributed by atoms with van der Waals surface area (Å²) in [6.45, 7) is 3.82. The molecule has 4 nitrogen and oxygen atoms in total. The summed E-state index contributed by atoms with van der Waals surface area (Å²) in [7, 11) is 0. The van der Waals surface area contributed by atoms with E-state index in [9.17, 15) is 4.79 Å². The van der Waals surface area contributed by atoms with Crippen LogP contribution in [0.5, 0.6) is 0 Å². The van der Waals surface area contributed by atoms with Gasteiger partial charge < -0.3 is 10.6 Å². The van der Waals surface area contributed by atoms with Crippen LogP contribution in [0.25, 0.3) is 0 Å². The van der Waals surface area contributed by atoms with E-state index in [0.717, 1.165) is 35.5 Å². The highest BCUT2D eigenvalue weighted by Gasteiger charge is 2.19. The van der Waals surface area contributed by atoms with Crippen molar-refractivity contribution in [2.24, 2.45) is 0 Å². The molecule has 6 heteroatoms. The third-order valence-electron chi connectivity index (χ3n) is 2.65. The summed E-state index contributed by atoms with van der Waals surface area (Å²) in [5, 5.41) is 6.33. The molecule has 16 heavy (non-hydrogen) atoms. The minimum atomic E-state index is 0.00704. The van der Waals surface area contributed by atoms with Gasteiger partial charge >= 0.3 is 0 Å². The number of aromatic nitrogens is 1. The Morgan fingerprint density at radius 2 is 2.25 bits per heavy atom. The van der Waals surface area contributed by atoms with Crippen molar-refractivity contribution in [3.05, 3.63) is 14.5 Å². The first-order chi connectivity index (χ1) is 7.66. The van der Waals surface area contributed by atoms with Crippen LogP contribution in [0, 0.1) is 6.92 Å². The topological polar surface area (TPSA) is 54.0 Å². The summed E-state index contributed by atoms with van der Waals surface area (Å²) in [4.78, 5) is 16.9. The molecule has 88 valence electrons. The van der Waals surface area contributed by atoms with Crippen molar-refractivity contribution in [3.63, 3.8) is 0 Å². The van der Waals surface area contributed by atoms with Crippen LogP contribution in [0.3, 0.4) is 0 Å². The van der Waals surface area contributed by atoms with Gasteiger partial charge in [-0.2, -0.15) is 0 Å². The Morgan fingerprint density at radius 1 is 1.56 bits per heavy atom. The number of thiazole rings is 1. The lowest BCUT2D eigenvalue weighted by atomic mass is 10.1. The number of hydrogen-bond acceptors (Lipinski definition) is 4. The molecule has 2 heterocycles. The highest BCUT2D eigenvalue weighted by Crippen LogP contribution is 2.22. The second-order valence-corrected chi connectivity index (χ2v) is 6.15. The van der Waals surface area contributed by atoms with Gasteiger partial charge in [-0.25, -0.2) is 4.98 Å². The maximum absolute atomic E-state index is 12.0. The van der Waals surface area contributed by atoms with Crippen LogP contribution in [0.4, 0.5) is 0 Å². The molecule has 2 rings (SSSR count). The SMILES string of the molecule is Cc1nc(Br)sc1C(=O)NC1CCNCC1. The van der Waals surface area contributed by atoms with E-state index in [-0.39, 0.29) is 5.91 Å². The van der Waals surface area contributed by atoms with Crippen molar-refractivity contribution in [3.8, 4) is 0 Å². The number of hydrogen-bond donors (Lipinski definition) is 2. The Balaban J connectivity index is 1.99. The van der Waals surface area contributed by atoms with E-state index in [1.54, 1.807) is 0 Å². The number of amides is 1. The lowest BCUT2D eigenvalue weighted by Gasteiger charge is -2.23. The quantitative estimate of drug-likeness (QED) is 0.874. The molecule has 0 aromatic carbocycles. The molecular formula is C10H14BrN3OS. The van der Waals surface area contributed by atoms with Crippen molar-refractivity contribution < 1.29 is 4.79 Å². The maximum Gasteiger partial charge on any atom is 0.263 e. The Hall–Kier alpha value is -0.460. The third kappa shape index (κ3) is 2.81. The predicted molar refractivity (Wildman–Crippen MR) is 67.9 cm³/mol. The fourth-order valence-electron chi connectivity index (χ4n) is 1.79. The van der Waals surface area contributed by atoms with E-state index in [0.29, 0.717) is 10.9 Å². The maximum atomic E-state index is 12.0. The van der Waals surface area contributed by atoms with Crippen LogP contribution in [0.1, 0.15) is 28.2 Å². The number of nitrogens with one attached hydrogen (secondary N) is 2. The van der Waals surface area contributed by atoms with Crippen LogP contribution < -0.4 is 10.6 Å². The fourth-order valence-corrected chi connectivity index (χ4v) is 3.24. The van der Waals surface area contributed by atoms with Crippen molar-refractivity contribution in [1.29, 1.82) is 0 Å².